The summed E-state index contributed by atoms with van der Waals surface area (Å²) in [6, 6.07) is 2.23. The molecular weight excluding hydrogens is 258 g/mol. The molecule has 3 rings (SSSR count). The third kappa shape index (κ3) is 2.14. The van der Waals surface area contributed by atoms with Gasteiger partial charge in [0.25, 0.3) is 5.91 Å². The van der Waals surface area contributed by atoms with Crippen LogP contribution in [0.5, 0.6) is 0 Å². The molecule has 1 atom stereocenters. The van der Waals surface area contributed by atoms with E-state index in [2.05, 4.69) is 28.3 Å². The summed E-state index contributed by atoms with van der Waals surface area (Å²) in [6.45, 7) is 4.69. The molecule has 0 spiro atoms. The molecule has 0 aromatic carbocycles. The number of aromatic nitrogens is 2. The van der Waals surface area contributed by atoms with Crippen LogP contribution in [0, 0.1) is 6.92 Å². The molecule has 3 heterocycles. The third-order valence-electron chi connectivity index (χ3n) is 3.54. The Morgan fingerprint density at radius 2 is 2.26 bits per heavy atom. The summed E-state index contributed by atoms with van der Waals surface area (Å²) in [5.74, 6) is -0.0307. The molecule has 0 fully saturated rings. The maximum absolute atomic E-state index is 12.5. The second-order valence-electron chi connectivity index (χ2n) is 4.77. The minimum Gasteiger partial charge on any atom is -0.330 e. The topological polar surface area (TPSA) is 46.1 Å². The molecule has 1 amide bonds. The van der Waals surface area contributed by atoms with Crippen LogP contribution in [-0.4, -0.2) is 27.3 Å². The number of thiophene rings is 1. The van der Waals surface area contributed by atoms with E-state index in [4.69, 9.17) is 0 Å². The Balaban J connectivity index is 1.87. The fraction of sp³-hybridized carbons (Fsp3) is 0.357. The van der Waals surface area contributed by atoms with Gasteiger partial charge in [-0.2, -0.15) is 0 Å². The van der Waals surface area contributed by atoms with Crippen LogP contribution < -0.4 is 0 Å². The molecule has 5 heteroatoms. The van der Waals surface area contributed by atoms with Gasteiger partial charge in [0, 0.05) is 17.6 Å². The molecule has 0 aliphatic carbocycles. The van der Waals surface area contributed by atoms with Crippen LogP contribution >= 0.6 is 11.3 Å². The van der Waals surface area contributed by atoms with Gasteiger partial charge in [-0.1, -0.05) is 0 Å². The Hall–Kier alpha value is -1.75. The number of rotatable bonds is 1. The number of nitrogens with zero attached hydrogens (tertiary/aromatic N) is 3. The van der Waals surface area contributed by atoms with E-state index in [1.165, 1.54) is 10.4 Å². The van der Waals surface area contributed by atoms with Gasteiger partial charge in [-0.3, -0.25) is 9.78 Å². The first-order valence-corrected chi connectivity index (χ1v) is 7.20. The molecule has 1 aliphatic heterocycles. The third-order valence-corrected chi connectivity index (χ3v) is 4.53. The maximum Gasteiger partial charge on any atom is 0.274 e. The summed E-state index contributed by atoms with van der Waals surface area (Å²) >= 11 is 1.77. The number of aryl methyl sites for hydroxylation is 1. The number of carbonyl (C=O) groups is 1. The molecular formula is C14H15N3OS. The van der Waals surface area contributed by atoms with Crippen molar-refractivity contribution in [3.8, 4) is 0 Å². The molecule has 0 radical (unpaired) electrons. The van der Waals surface area contributed by atoms with E-state index >= 15 is 0 Å². The van der Waals surface area contributed by atoms with Gasteiger partial charge >= 0.3 is 0 Å². The smallest absolute Gasteiger partial charge is 0.274 e. The molecule has 1 aliphatic rings. The molecule has 0 saturated carbocycles. The first-order valence-electron chi connectivity index (χ1n) is 6.32. The Morgan fingerprint density at radius 3 is 3.00 bits per heavy atom. The first-order chi connectivity index (χ1) is 9.16. The van der Waals surface area contributed by atoms with Gasteiger partial charge in [0.15, 0.2) is 0 Å². The lowest BCUT2D eigenvalue weighted by Gasteiger charge is -2.33. The number of carbonyl (C=O) groups excluding carboxylic acids is 1. The molecule has 98 valence electrons. The highest BCUT2D eigenvalue weighted by Crippen LogP contribution is 2.33. The second kappa shape index (κ2) is 4.74. The fourth-order valence-electron chi connectivity index (χ4n) is 2.44. The van der Waals surface area contributed by atoms with Crippen LogP contribution in [0.15, 0.2) is 23.8 Å². The van der Waals surface area contributed by atoms with Crippen molar-refractivity contribution < 1.29 is 4.79 Å². The summed E-state index contributed by atoms with van der Waals surface area (Å²) < 4.78 is 0. The van der Waals surface area contributed by atoms with Crippen LogP contribution in [0.1, 0.15) is 39.6 Å². The van der Waals surface area contributed by atoms with Gasteiger partial charge in [-0.15, -0.1) is 11.3 Å². The lowest BCUT2D eigenvalue weighted by Crippen LogP contribution is -2.38. The van der Waals surface area contributed by atoms with Crippen LogP contribution in [0.3, 0.4) is 0 Å². The summed E-state index contributed by atoms with van der Waals surface area (Å²) in [5.41, 5.74) is 2.52. The van der Waals surface area contributed by atoms with Gasteiger partial charge in [0.05, 0.1) is 17.9 Å². The van der Waals surface area contributed by atoms with E-state index in [-0.39, 0.29) is 11.9 Å². The minimum absolute atomic E-state index is 0.0307. The first kappa shape index (κ1) is 12.3. The van der Waals surface area contributed by atoms with Gasteiger partial charge in [0.2, 0.25) is 0 Å². The van der Waals surface area contributed by atoms with Crippen LogP contribution in [0.2, 0.25) is 0 Å². The fourth-order valence-corrected chi connectivity index (χ4v) is 3.40. The quantitative estimate of drug-likeness (QED) is 0.802. The summed E-state index contributed by atoms with van der Waals surface area (Å²) in [6.07, 6.45) is 4.13. The highest BCUT2D eigenvalue weighted by atomic mass is 32.1. The minimum atomic E-state index is -0.0307. The Bertz CT molecular complexity index is 605. The number of hydrogen-bond donors (Lipinski definition) is 0. The predicted octanol–water partition coefficient (Wildman–Crippen LogP) is 2.61. The summed E-state index contributed by atoms with van der Waals surface area (Å²) in [5, 5.41) is 2.10. The monoisotopic (exact) mass is 273 g/mol. The zero-order valence-electron chi connectivity index (χ0n) is 11.0. The molecule has 4 nitrogen and oxygen atoms in total. The van der Waals surface area contributed by atoms with Crippen molar-refractivity contribution in [2.45, 2.75) is 26.3 Å². The summed E-state index contributed by atoms with van der Waals surface area (Å²) in [4.78, 5) is 24.1. The van der Waals surface area contributed by atoms with E-state index in [0.29, 0.717) is 5.69 Å². The SMILES string of the molecule is Cc1cnc(C(=O)N2CCc3sccc3[C@@H]2C)cn1. The highest BCUT2D eigenvalue weighted by Gasteiger charge is 2.29. The van der Waals surface area contributed by atoms with Crippen LogP contribution in [0.25, 0.3) is 0 Å². The number of fused-ring (bicyclic) bond motifs is 1. The zero-order valence-corrected chi connectivity index (χ0v) is 11.8. The highest BCUT2D eigenvalue weighted by molar-refractivity contribution is 7.10. The Kier molecular flexibility index (Phi) is 3.06. The van der Waals surface area contributed by atoms with Crippen LogP contribution in [0.4, 0.5) is 0 Å². The second-order valence-corrected chi connectivity index (χ2v) is 5.77. The van der Waals surface area contributed by atoms with Crippen molar-refractivity contribution in [1.82, 2.24) is 14.9 Å². The summed E-state index contributed by atoms with van der Waals surface area (Å²) in [7, 11) is 0. The van der Waals surface area contributed by atoms with Crippen molar-refractivity contribution in [2.75, 3.05) is 6.54 Å². The molecule has 0 bridgehead atoms. The standard InChI is InChI=1S/C14H15N3OS/c1-9-7-16-12(8-15-9)14(18)17-5-3-13-11(10(17)2)4-6-19-13/h4,6-8,10H,3,5H2,1-2H3/t10-/m0/s1. The van der Waals surface area contributed by atoms with Crippen molar-refractivity contribution in [3.05, 3.63) is 45.7 Å². The molecule has 19 heavy (non-hydrogen) atoms. The van der Waals surface area contributed by atoms with E-state index in [9.17, 15) is 4.79 Å². The number of amides is 1. The molecule has 0 unspecified atom stereocenters. The molecule has 0 saturated heterocycles. The largest absolute Gasteiger partial charge is 0.330 e. The van der Waals surface area contributed by atoms with Crippen molar-refractivity contribution in [3.63, 3.8) is 0 Å². The average Bonchev–Trinajstić information content (AvgIpc) is 2.88. The van der Waals surface area contributed by atoms with Crippen molar-refractivity contribution >= 4 is 17.2 Å². The normalized spacial score (nSPS) is 18.2. The van der Waals surface area contributed by atoms with E-state index < -0.39 is 0 Å². The molecule has 2 aromatic rings. The van der Waals surface area contributed by atoms with E-state index in [1.807, 2.05) is 11.8 Å². The number of hydrogen-bond acceptors (Lipinski definition) is 4. The predicted molar refractivity (Wildman–Crippen MR) is 74.2 cm³/mol. The molecule has 2 aromatic heterocycles. The van der Waals surface area contributed by atoms with Gasteiger partial charge in [-0.05, 0) is 37.3 Å². The Morgan fingerprint density at radius 1 is 1.42 bits per heavy atom. The van der Waals surface area contributed by atoms with Gasteiger partial charge in [-0.25, -0.2) is 4.98 Å². The lowest BCUT2D eigenvalue weighted by molar-refractivity contribution is 0.0673. The Labute approximate surface area is 116 Å². The lowest BCUT2D eigenvalue weighted by atomic mass is 10.0. The van der Waals surface area contributed by atoms with E-state index in [0.717, 1.165) is 18.7 Å². The average molecular weight is 273 g/mol. The van der Waals surface area contributed by atoms with E-state index in [1.54, 1.807) is 23.7 Å². The van der Waals surface area contributed by atoms with Crippen molar-refractivity contribution in [1.29, 1.82) is 0 Å². The van der Waals surface area contributed by atoms with Gasteiger partial charge in [0.1, 0.15) is 5.69 Å². The van der Waals surface area contributed by atoms with Gasteiger partial charge < -0.3 is 4.90 Å². The maximum atomic E-state index is 12.5. The van der Waals surface area contributed by atoms with Crippen molar-refractivity contribution in [2.24, 2.45) is 0 Å². The zero-order chi connectivity index (χ0) is 13.4. The van der Waals surface area contributed by atoms with Crippen LogP contribution in [-0.2, 0) is 6.42 Å². The molecule has 0 N–H and O–H groups in total.